The number of ether oxygens (including phenoxy) is 1. The number of rotatable bonds is 5. The van der Waals surface area contributed by atoms with Crippen LogP contribution in [0.3, 0.4) is 0 Å². The number of halogens is 2. The summed E-state index contributed by atoms with van der Waals surface area (Å²) in [7, 11) is 1.90. The number of hydrogen-bond donors (Lipinski definition) is 1. The fourth-order valence-electron chi connectivity index (χ4n) is 2.39. The van der Waals surface area contributed by atoms with Crippen molar-refractivity contribution < 1.29 is 9.13 Å². The van der Waals surface area contributed by atoms with Crippen LogP contribution < -0.4 is 10.1 Å². The van der Waals surface area contributed by atoms with Crippen molar-refractivity contribution in [2.45, 2.75) is 19.9 Å². The Morgan fingerprint density at radius 2 is 1.95 bits per heavy atom. The summed E-state index contributed by atoms with van der Waals surface area (Å²) in [6.07, 6.45) is 0. The van der Waals surface area contributed by atoms with Gasteiger partial charge in [0, 0.05) is 9.13 Å². The average molecular weight is 399 g/mol. The van der Waals surface area contributed by atoms with Crippen molar-refractivity contribution >= 4 is 22.6 Å². The molecule has 21 heavy (non-hydrogen) atoms. The molecule has 0 fully saturated rings. The van der Waals surface area contributed by atoms with Crippen molar-refractivity contribution in [3.8, 4) is 5.75 Å². The third kappa shape index (κ3) is 3.74. The number of nitrogens with one attached hydrogen (secondary N) is 1. The van der Waals surface area contributed by atoms with Crippen molar-refractivity contribution in [3.05, 3.63) is 62.5 Å². The molecule has 4 heteroatoms. The molecule has 1 unspecified atom stereocenters. The van der Waals surface area contributed by atoms with Crippen LogP contribution in [0.1, 0.15) is 29.7 Å². The maximum atomic E-state index is 13.3. The Balaban J connectivity index is 2.52. The number of hydrogen-bond acceptors (Lipinski definition) is 2. The van der Waals surface area contributed by atoms with E-state index < -0.39 is 0 Å². The van der Waals surface area contributed by atoms with Gasteiger partial charge in [-0.3, -0.25) is 0 Å². The zero-order chi connectivity index (χ0) is 15.4. The fraction of sp³-hybridized carbons (Fsp3) is 0.294. The summed E-state index contributed by atoms with van der Waals surface area (Å²) in [6, 6.07) is 11.0. The van der Waals surface area contributed by atoms with Gasteiger partial charge in [-0.2, -0.15) is 0 Å². The summed E-state index contributed by atoms with van der Waals surface area (Å²) in [5, 5.41) is 3.31. The van der Waals surface area contributed by atoms with Gasteiger partial charge in [0.2, 0.25) is 0 Å². The zero-order valence-electron chi connectivity index (χ0n) is 12.4. The van der Waals surface area contributed by atoms with E-state index in [1.54, 1.807) is 6.07 Å². The molecule has 0 amide bonds. The van der Waals surface area contributed by atoms with Crippen LogP contribution in [0, 0.1) is 16.3 Å². The minimum Gasteiger partial charge on any atom is -0.494 e. The van der Waals surface area contributed by atoms with Crippen LogP contribution in [-0.2, 0) is 0 Å². The van der Waals surface area contributed by atoms with E-state index in [1.165, 1.54) is 11.6 Å². The molecule has 2 rings (SSSR count). The lowest BCUT2D eigenvalue weighted by Gasteiger charge is -2.22. The summed E-state index contributed by atoms with van der Waals surface area (Å²) in [5.74, 6) is 0.648. The molecule has 0 heterocycles. The maximum Gasteiger partial charge on any atom is 0.124 e. The standard InChI is InChI=1S/C17H19FINO/c1-4-21-16-8-5-11(2)9-14(16)17(20-3)13-7-6-12(18)10-15(13)19/h5-10,17,20H,4H2,1-3H3. The minimum atomic E-state index is -0.215. The van der Waals surface area contributed by atoms with Crippen LogP contribution in [0.4, 0.5) is 4.39 Å². The molecule has 0 aliphatic carbocycles. The van der Waals surface area contributed by atoms with Gasteiger partial charge in [-0.25, -0.2) is 4.39 Å². The first kappa shape index (κ1) is 16.2. The first-order chi connectivity index (χ1) is 10.1. The molecule has 2 nitrogen and oxygen atoms in total. The smallest absolute Gasteiger partial charge is 0.124 e. The van der Waals surface area contributed by atoms with E-state index in [4.69, 9.17) is 4.74 Å². The summed E-state index contributed by atoms with van der Waals surface area (Å²) < 4.78 is 20.0. The minimum absolute atomic E-state index is 0.0288. The highest BCUT2D eigenvalue weighted by atomic mass is 127. The highest BCUT2D eigenvalue weighted by Crippen LogP contribution is 2.33. The van der Waals surface area contributed by atoms with Crippen molar-refractivity contribution in [2.24, 2.45) is 0 Å². The van der Waals surface area contributed by atoms with E-state index in [9.17, 15) is 4.39 Å². The summed E-state index contributed by atoms with van der Waals surface area (Å²) in [6.45, 7) is 4.65. The second kappa shape index (κ2) is 7.22. The van der Waals surface area contributed by atoms with E-state index in [1.807, 2.05) is 32.2 Å². The first-order valence-electron chi connectivity index (χ1n) is 6.92. The Kier molecular flexibility index (Phi) is 5.58. The monoisotopic (exact) mass is 399 g/mol. The molecule has 2 aromatic carbocycles. The Morgan fingerprint density at radius 3 is 2.57 bits per heavy atom. The molecule has 0 radical (unpaired) electrons. The van der Waals surface area contributed by atoms with Crippen LogP contribution >= 0.6 is 22.6 Å². The van der Waals surface area contributed by atoms with Crippen LogP contribution in [0.15, 0.2) is 36.4 Å². The molecule has 0 spiro atoms. The van der Waals surface area contributed by atoms with Gasteiger partial charge in [-0.15, -0.1) is 0 Å². The summed E-state index contributed by atoms with van der Waals surface area (Å²) in [4.78, 5) is 0. The van der Waals surface area contributed by atoms with Crippen LogP contribution in [-0.4, -0.2) is 13.7 Å². The second-order valence-corrected chi connectivity index (χ2v) is 6.02. The van der Waals surface area contributed by atoms with Gasteiger partial charge in [0.05, 0.1) is 12.6 Å². The van der Waals surface area contributed by atoms with E-state index in [0.29, 0.717) is 6.61 Å². The summed E-state index contributed by atoms with van der Waals surface area (Å²) in [5.41, 5.74) is 3.29. The number of benzene rings is 2. The maximum absolute atomic E-state index is 13.3. The molecule has 0 bridgehead atoms. The van der Waals surface area contributed by atoms with E-state index >= 15 is 0 Å². The van der Waals surface area contributed by atoms with Crippen molar-refractivity contribution in [2.75, 3.05) is 13.7 Å². The van der Waals surface area contributed by atoms with E-state index in [-0.39, 0.29) is 11.9 Å². The van der Waals surface area contributed by atoms with Crippen molar-refractivity contribution in [1.29, 1.82) is 0 Å². The Hall–Kier alpha value is -1.14. The third-order valence-electron chi connectivity index (χ3n) is 3.34. The quantitative estimate of drug-likeness (QED) is 0.751. The van der Waals surface area contributed by atoms with Gasteiger partial charge >= 0.3 is 0 Å². The molecule has 0 aliphatic heterocycles. The molecule has 2 aromatic rings. The van der Waals surface area contributed by atoms with Crippen LogP contribution in [0.2, 0.25) is 0 Å². The molecule has 0 saturated heterocycles. The molecule has 1 atom stereocenters. The molecule has 112 valence electrons. The van der Waals surface area contributed by atoms with Gasteiger partial charge < -0.3 is 10.1 Å². The molecular weight excluding hydrogens is 380 g/mol. The van der Waals surface area contributed by atoms with Crippen molar-refractivity contribution in [3.63, 3.8) is 0 Å². The van der Waals surface area contributed by atoms with E-state index in [2.05, 4.69) is 40.9 Å². The predicted molar refractivity (Wildman–Crippen MR) is 92.4 cm³/mol. The largest absolute Gasteiger partial charge is 0.494 e. The van der Waals surface area contributed by atoms with E-state index in [0.717, 1.165) is 20.4 Å². The van der Waals surface area contributed by atoms with Gasteiger partial charge in [-0.05, 0) is 67.2 Å². The normalized spacial score (nSPS) is 12.2. The molecular formula is C17H19FINO. The van der Waals surface area contributed by atoms with Crippen molar-refractivity contribution in [1.82, 2.24) is 5.32 Å². The second-order valence-electron chi connectivity index (χ2n) is 4.86. The Labute approximate surface area is 138 Å². The summed E-state index contributed by atoms with van der Waals surface area (Å²) >= 11 is 2.17. The lowest BCUT2D eigenvalue weighted by Crippen LogP contribution is -2.20. The highest BCUT2D eigenvalue weighted by Gasteiger charge is 2.19. The highest BCUT2D eigenvalue weighted by molar-refractivity contribution is 14.1. The Morgan fingerprint density at radius 1 is 1.19 bits per heavy atom. The lowest BCUT2D eigenvalue weighted by atomic mass is 9.96. The fourth-order valence-corrected chi connectivity index (χ4v) is 3.18. The molecule has 0 saturated carbocycles. The average Bonchev–Trinajstić information content (AvgIpc) is 2.45. The third-order valence-corrected chi connectivity index (χ3v) is 4.27. The predicted octanol–water partition coefficient (Wildman–Crippen LogP) is 4.45. The topological polar surface area (TPSA) is 21.3 Å². The Bertz CT molecular complexity index is 630. The molecule has 1 N–H and O–H groups in total. The number of aryl methyl sites for hydroxylation is 1. The van der Waals surface area contributed by atoms with Crippen LogP contribution in [0.25, 0.3) is 0 Å². The first-order valence-corrected chi connectivity index (χ1v) is 8.00. The molecule has 0 aromatic heterocycles. The van der Waals surface area contributed by atoms with Gasteiger partial charge in [0.1, 0.15) is 11.6 Å². The van der Waals surface area contributed by atoms with Crippen LogP contribution in [0.5, 0.6) is 5.75 Å². The van der Waals surface area contributed by atoms with Gasteiger partial charge in [-0.1, -0.05) is 23.8 Å². The lowest BCUT2D eigenvalue weighted by molar-refractivity contribution is 0.334. The zero-order valence-corrected chi connectivity index (χ0v) is 14.6. The van der Waals surface area contributed by atoms with Gasteiger partial charge in [0.25, 0.3) is 0 Å². The van der Waals surface area contributed by atoms with Gasteiger partial charge in [0.15, 0.2) is 0 Å². The SMILES string of the molecule is CCOc1ccc(C)cc1C(NC)c1ccc(F)cc1I. The molecule has 0 aliphatic rings.